The first-order valence-electron chi connectivity index (χ1n) is 12.3. The number of aliphatic hydroxyl groups excluding tert-OH is 6. The summed E-state index contributed by atoms with van der Waals surface area (Å²) in [5, 5.41) is 71.8. The first kappa shape index (κ1) is 29.3. The number of hydrogen-bond donors (Lipinski definition) is 7. The minimum atomic E-state index is -1.82. The Morgan fingerprint density at radius 2 is 1.44 bits per heavy atom. The summed E-state index contributed by atoms with van der Waals surface area (Å²) in [5.74, 6) is -0.855. The van der Waals surface area contributed by atoms with Crippen LogP contribution in [0.1, 0.15) is 15.9 Å². The maximum Gasteiger partial charge on any atom is 0.338 e. The van der Waals surface area contributed by atoms with Gasteiger partial charge in [-0.25, -0.2) is 4.79 Å². The average molecular weight is 553 g/mol. The minimum Gasteiger partial charge on any atom is -0.508 e. The molecule has 2 fully saturated rings. The molecular formula is C26H32O13. The third kappa shape index (κ3) is 6.91. The molecule has 0 amide bonds. The van der Waals surface area contributed by atoms with Gasteiger partial charge in [0.2, 0.25) is 0 Å². The molecule has 0 saturated carbocycles. The summed E-state index contributed by atoms with van der Waals surface area (Å²) in [6, 6.07) is 14.2. The quantitative estimate of drug-likeness (QED) is 0.175. The van der Waals surface area contributed by atoms with Gasteiger partial charge in [-0.05, 0) is 29.8 Å². The summed E-state index contributed by atoms with van der Waals surface area (Å²) < 4.78 is 27.5. The molecule has 39 heavy (non-hydrogen) atoms. The van der Waals surface area contributed by atoms with Gasteiger partial charge in [-0.1, -0.05) is 30.3 Å². The Labute approximate surface area is 223 Å². The van der Waals surface area contributed by atoms with Crippen LogP contribution in [-0.4, -0.2) is 116 Å². The van der Waals surface area contributed by atoms with E-state index in [1.54, 1.807) is 24.3 Å². The van der Waals surface area contributed by atoms with Gasteiger partial charge in [0.1, 0.15) is 61.2 Å². The van der Waals surface area contributed by atoms with Crippen molar-refractivity contribution in [2.75, 3.05) is 13.2 Å². The molecule has 2 saturated heterocycles. The predicted octanol–water partition coefficient (Wildman–Crippen LogP) is -1.60. The van der Waals surface area contributed by atoms with E-state index in [2.05, 4.69) is 0 Å². The molecule has 0 aliphatic carbocycles. The molecule has 0 unspecified atom stereocenters. The summed E-state index contributed by atoms with van der Waals surface area (Å²) >= 11 is 0. The Morgan fingerprint density at radius 1 is 0.769 bits per heavy atom. The van der Waals surface area contributed by atoms with Crippen molar-refractivity contribution < 1.29 is 64.2 Å². The van der Waals surface area contributed by atoms with Crippen LogP contribution in [0.25, 0.3) is 0 Å². The summed E-state index contributed by atoms with van der Waals surface area (Å²) in [7, 11) is 0. The zero-order valence-electron chi connectivity index (χ0n) is 20.7. The highest BCUT2D eigenvalue weighted by Gasteiger charge is 2.51. The van der Waals surface area contributed by atoms with Crippen LogP contribution in [0, 0.1) is 0 Å². The van der Waals surface area contributed by atoms with Crippen LogP contribution in [0.2, 0.25) is 0 Å². The number of benzene rings is 2. The summed E-state index contributed by atoms with van der Waals surface area (Å²) in [6.07, 6.45) is -15.6. The number of phenols is 1. The number of carbonyl (C=O) groups excluding carboxylic acids is 1. The fourth-order valence-corrected chi connectivity index (χ4v) is 4.26. The fraction of sp³-hybridized carbons (Fsp3) is 0.500. The topological polar surface area (TPSA) is 205 Å². The van der Waals surface area contributed by atoms with Gasteiger partial charge in [0.05, 0.1) is 18.8 Å². The molecule has 214 valence electrons. The van der Waals surface area contributed by atoms with Crippen molar-refractivity contribution in [3.63, 3.8) is 0 Å². The van der Waals surface area contributed by atoms with Gasteiger partial charge in [0.25, 0.3) is 0 Å². The van der Waals surface area contributed by atoms with Crippen molar-refractivity contribution in [1.82, 2.24) is 0 Å². The van der Waals surface area contributed by atoms with E-state index in [-0.39, 0.29) is 17.9 Å². The van der Waals surface area contributed by atoms with E-state index >= 15 is 0 Å². The molecule has 2 aromatic carbocycles. The van der Waals surface area contributed by atoms with E-state index in [0.717, 1.165) is 5.56 Å². The Bertz CT molecular complexity index is 1050. The lowest BCUT2D eigenvalue weighted by Crippen LogP contribution is -2.64. The number of esters is 1. The minimum absolute atomic E-state index is 0.0332. The zero-order chi connectivity index (χ0) is 28.1. The van der Waals surface area contributed by atoms with E-state index in [4.69, 9.17) is 23.7 Å². The summed E-state index contributed by atoms with van der Waals surface area (Å²) in [5.41, 5.74) is 0.877. The number of ether oxygens (including phenoxy) is 5. The second kappa shape index (κ2) is 13.1. The van der Waals surface area contributed by atoms with E-state index < -0.39 is 80.6 Å². The summed E-state index contributed by atoms with van der Waals surface area (Å²) in [6.45, 7) is -1.17. The largest absolute Gasteiger partial charge is 0.508 e. The van der Waals surface area contributed by atoms with Crippen LogP contribution >= 0.6 is 0 Å². The number of aliphatic hydroxyl groups is 6. The molecule has 2 aromatic rings. The van der Waals surface area contributed by atoms with Crippen molar-refractivity contribution in [2.24, 2.45) is 0 Å². The molecular weight excluding hydrogens is 520 g/mol. The number of rotatable bonds is 9. The van der Waals surface area contributed by atoms with Gasteiger partial charge in [0, 0.05) is 0 Å². The summed E-state index contributed by atoms with van der Waals surface area (Å²) in [4.78, 5) is 12.3. The van der Waals surface area contributed by atoms with Crippen LogP contribution in [-0.2, 0) is 30.3 Å². The molecule has 4 rings (SSSR count). The first-order chi connectivity index (χ1) is 18.7. The zero-order valence-corrected chi connectivity index (χ0v) is 20.7. The Morgan fingerprint density at radius 3 is 2.10 bits per heavy atom. The van der Waals surface area contributed by atoms with E-state index in [1.807, 2.05) is 6.07 Å². The highest BCUT2D eigenvalue weighted by molar-refractivity contribution is 5.89. The second-order valence-corrected chi connectivity index (χ2v) is 9.26. The molecule has 0 aromatic heterocycles. The highest BCUT2D eigenvalue weighted by Crippen LogP contribution is 2.30. The fourth-order valence-electron chi connectivity index (χ4n) is 4.26. The third-order valence-electron chi connectivity index (χ3n) is 6.52. The number of phenolic OH excluding ortho intramolecular Hbond substituents is 1. The van der Waals surface area contributed by atoms with Crippen molar-refractivity contribution in [3.05, 3.63) is 65.7 Å². The normalized spacial score (nSPS) is 34.9. The smallest absolute Gasteiger partial charge is 0.338 e. The second-order valence-electron chi connectivity index (χ2n) is 9.26. The molecule has 0 bridgehead atoms. The molecule has 13 nitrogen and oxygen atoms in total. The Hall–Kier alpha value is -2.69. The molecule has 2 aliphatic heterocycles. The number of hydrogen-bond acceptors (Lipinski definition) is 13. The van der Waals surface area contributed by atoms with Gasteiger partial charge >= 0.3 is 5.97 Å². The lowest BCUT2D eigenvalue weighted by atomic mass is 9.97. The number of carbonyl (C=O) groups is 1. The molecule has 10 atom stereocenters. The molecule has 2 aliphatic rings. The molecule has 13 heteroatoms. The van der Waals surface area contributed by atoms with Crippen LogP contribution in [0.15, 0.2) is 54.6 Å². The van der Waals surface area contributed by atoms with Crippen molar-refractivity contribution in [1.29, 1.82) is 0 Å². The molecule has 0 radical (unpaired) electrons. The van der Waals surface area contributed by atoms with Crippen LogP contribution in [0.5, 0.6) is 5.75 Å². The lowest BCUT2D eigenvalue weighted by molar-refractivity contribution is -0.361. The third-order valence-corrected chi connectivity index (χ3v) is 6.52. The molecule has 2 heterocycles. The van der Waals surface area contributed by atoms with Crippen molar-refractivity contribution in [2.45, 2.75) is 68.0 Å². The molecule has 0 spiro atoms. The van der Waals surface area contributed by atoms with Crippen LogP contribution < -0.4 is 0 Å². The first-order valence-corrected chi connectivity index (χ1v) is 12.3. The Balaban J connectivity index is 1.42. The van der Waals surface area contributed by atoms with Crippen molar-refractivity contribution in [3.8, 4) is 5.75 Å². The molecule has 7 N–H and O–H groups in total. The van der Waals surface area contributed by atoms with Gasteiger partial charge < -0.3 is 59.4 Å². The predicted molar refractivity (Wildman–Crippen MR) is 129 cm³/mol. The van der Waals surface area contributed by atoms with E-state index in [9.17, 15) is 40.5 Å². The monoisotopic (exact) mass is 552 g/mol. The highest BCUT2D eigenvalue weighted by atomic mass is 16.7. The average Bonchev–Trinajstić information content (AvgIpc) is 2.95. The van der Waals surface area contributed by atoms with Gasteiger partial charge in [-0.15, -0.1) is 0 Å². The van der Waals surface area contributed by atoms with E-state index in [0.29, 0.717) is 0 Å². The van der Waals surface area contributed by atoms with Gasteiger partial charge in [-0.2, -0.15) is 0 Å². The standard InChI is InChI=1S/C26H32O13/c27-10-16-19(30)23(22(33)25(37-16)36-11-13-4-2-1-3-5-13)39-26-21(32)20(31)18(29)17(38-26)12-35-24(34)14-6-8-15(28)9-7-14/h1-9,16-23,25-33H,10-12H2/t16-,17-,18-,19-,20+,21-,22-,23+,25-,26+/m1/s1. The maximum absolute atomic E-state index is 12.3. The van der Waals surface area contributed by atoms with Crippen molar-refractivity contribution >= 4 is 5.97 Å². The maximum atomic E-state index is 12.3. The lowest BCUT2D eigenvalue weighted by Gasteiger charge is -2.46. The van der Waals surface area contributed by atoms with Crippen LogP contribution in [0.3, 0.4) is 0 Å². The van der Waals surface area contributed by atoms with Gasteiger partial charge in [-0.3, -0.25) is 0 Å². The van der Waals surface area contributed by atoms with Crippen LogP contribution in [0.4, 0.5) is 0 Å². The van der Waals surface area contributed by atoms with Gasteiger partial charge in [0.15, 0.2) is 12.6 Å². The Kier molecular flexibility index (Phi) is 9.85. The SMILES string of the molecule is O=C(OC[C@H]1O[C@@H](O[C@@H]2[C@@H](O)[C@H](OCc3ccccc3)O[C@H](CO)[C@H]2O)[C@H](O)[C@@H](O)[C@@H]1O)c1ccc(O)cc1. The number of aromatic hydroxyl groups is 1. The van der Waals surface area contributed by atoms with E-state index in [1.165, 1.54) is 24.3 Å².